The molecule has 6 heteroatoms. The molecule has 3 aromatic rings. The number of nitrogens with one attached hydrogen (secondary N) is 1. The van der Waals surface area contributed by atoms with Gasteiger partial charge in [0.2, 0.25) is 0 Å². The van der Waals surface area contributed by atoms with E-state index in [1.807, 2.05) is 42.5 Å². The molecule has 0 unspecified atom stereocenters. The quantitative estimate of drug-likeness (QED) is 0.539. The van der Waals surface area contributed by atoms with E-state index in [0.29, 0.717) is 24.6 Å². The van der Waals surface area contributed by atoms with Crippen LogP contribution in [0.25, 0.3) is 0 Å². The number of hydrogen-bond donors (Lipinski definition) is 2. The number of methoxy groups -OCH3 is 2. The summed E-state index contributed by atoms with van der Waals surface area (Å²) in [6, 6.07) is 20.4. The van der Waals surface area contributed by atoms with Gasteiger partial charge < -0.3 is 20.1 Å². The minimum absolute atomic E-state index is 0.0305. The van der Waals surface area contributed by atoms with Crippen molar-refractivity contribution in [2.24, 2.45) is 0 Å². The maximum atomic E-state index is 12.4. The lowest BCUT2D eigenvalue weighted by Crippen LogP contribution is -2.87. The predicted octanol–water partition coefficient (Wildman–Crippen LogP) is 2.78. The number of nitrogens with two attached hydrogens (primary N) is 1. The summed E-state index contributed by atoms with van der Waals surface area (Å²) in [7, 11) is 3.24. The molecule has 0 spiro atoms. The number of amides is 1. The number of carbonyl (C=O) groups is 1. The zero-order valence-corrected chi connectivity index (χ0v) is 17.6. The molecular formula is C23H27N2O3S+. The van der Waals surface area contributed by atoms with E-state index in [4.69, 9.17) is 9.47 Å². The number of quaternary nitrogens is 1. The first-order chi connectivity index (χ1) is 14.2. The molecule has 1 aromatic heterocycles. The summed E-state index contributed by atoms with van der Waals surface area (Å²) in [4.78, 5) is 13.6. The first-order valence-electron chi connectivity index (χ1n) is 9.60. The van der Waals surface area contributed by atoms with Gasteiger partial charge in [-0.05, 0) is 35.6 Å². The molecule has 29 heavy (non-hydrogen) atoms. The van der Waals surface area contributed by atoms with Crippen LogP contribution in [0.15, 0.2) is 66.0 Å². The van der Waals surface area contributed by atoms with Crippen LogP contribution in [0, 0.1) is 0 Å². The van der Waals surface area contributed by atoms with Gasteiger partial charge >= 0.3 is 0 Å². The Balaban J connectivity index is 1.51. The molecule has 5 nitrogen and oxygen atoms in total. The molecule has 0 radical (unpaired) electrons. The highest BCUT2D eigenvalue weighted by Crippen LogP contribution is 2.27. The monoisotopic (exact) mass is 411 g/mol. The van der Waals surface area contributed by atoms with E-state index in [0.717, 1.165) is 12.0 Å². The molecule has 0 fully saturated rings. The molecule has 0 saturated heterocycles. The third-order valence-corrected chi connectivity index (χ3v) is 5.69. The van der Waals surface area contributed by atoms with Gasteiger partial charge in [0.05, 0.1) is 19.1 Å². The fraction of sp³-hybridized carbons (Fsp3) is 0.261. The van der Waals surface area contributed by atoms with Gasteiger partial charge in [0.15, 0.2) is 18.0 Å². The van der Waals surface area contributed by atoms with E-state index >= 15 is 0 Å². The van der Waals surface area contributed by atoms with Crippen molar-refractivity contribution in [3.05, 3.63) is 82.0 Å². The van der Waals surface area contributed by atoms with E-state index < -0.39 is 0 Å². The zero-order valence-electron chi connectivity index (χ0n) is 16.8. The van der Waals surface area contributed by atoms with Crippen molar-refractivity contribution < 1.29 is 19.6 Å². The van der Waals surface area contributed by atoms with Crippen LogP contribution in [0.2, 0.25) is 0 Å². The summed E-state index contributed by atoms with van der Waals surface area (Å²) in [5.74, 6) is 1.43. The minimum Gasteiger partial charge on any atom is -0.493 e. The standard InChI is InChI=1S/C23H26N2O3S/c1-27-19-11-10-17(15-20(19)28-2)12-13-24-22(26)16-25-23(21-9-6-14-29-21)18-7-4-3-5-8-18/h3-11,14-15,23,25H,12-13,16H2,1-2H3,(H,24,26)/p+1/t23-/m0/s1. The highest BCUT2D eigenvalue weighted by Gasteiger charge is 2.19. The Morgan fingerprint density at radius 1 is 1.03 bits per heavy atom. The maximum absolute atomic E-state index is 12.4. The van der Waals surface area contributed by atoms with Gasteiger partial charge in [-0.15, -0.1) is 11.3 Å². The van der Waals surface area contributed by atoms with Crippen LogP contribution in [0.3, 0.4) is 0 Å². The average Bonchev–Trinajstić information content (AvgIpc) is 3.29. The van der Waals surface area contributed by atoms with E-state index in [9.17, 15) is 4.79 Å². The smallest absolute Gasteiger partial charge is 0.275 e. The Hall–Kier alpha value is -2.83. The Morgan fingerprint density at radius 3 is 2.52 bits per heavy atom. The molecule has 3 N–H and O–H groups in total. The van der Waals surface area contributed by atoms with Crippen molar-refractivity contribution in [2.45, 2.75) is 12.5 Å². The summed E-state index contributed by atoms with van der Waals surface area (Å²) < 4.78 is 10.6. The van der Waals surface area contributed by atoms with Gasteiger partial charge in [-0.25, -0.2) is 0 Å². The summed E-state index contributed by atoms with van der Waals surface area (Å²) in [5.41, 5.74) is 2.29. The molecule has 0 aliphatic rings. The number of hydrogen-bond acceptors (Lipinski definition) is 4. The fourth-order valence-electron chi connectivity index (χ4n) is 3.22. The van der Waals surface area contributed by atoms with Crippen LogP contribution in [0.4, 0.5) is 0 Å². The molecule has 1 amide bonds. The van der Waals surface area contributed by atoms with Crippen molar-refractivity contribution in [3.63, 3.8) is 0 Å². The van der Waals surface area contributed by atoms with E-state index in [-0.39, 0.29) is 11.9 Å². The molecule has 0 bridgehead atoms. The van der Waals surface area contributed by atoms with Crippen LogP contribution in [-0.4, -0.2) is 33.2 Å². The highest BCUT2D eigenvalue weighted by molar-refractivity contribution is 7.10. The third kappa shape index (κ3) is 5.82. The van der Waals surface area contributed by atoms with Crippen molar-refractivity contribution in [1.29, 1.82) is 0 Å². The second-order valence-corrected chi connectivity index (χ2v) is 7.61. The minimum atomic E-state index is 0.0305. The fourth-order valence-corrected chi connectivity index (χ4v) is 4.07. The molecule has 3 rings (SSSR count). The van der Waals surface area contributed by atoms with Crippen molar-refractivity contribution in [2.75, 3.05) is 27.3 Å². The SMILES string of the molecule is COc1ccc(CCNC(=O)C[NH2+][C@@H](c2ccccc2)c2cccs2)cc1OC. The molecule has 0 aliphatic heterocycles. The Kier molecular flexibility index (Phi) is 7.67. The van der Waals surface area contributed by atoms with Crippen molar-refractivity contribution in [1.82, 2.24) is 5.32 Å². The normalized spacial score (nSPS) is 11.7. The lowest BCUT2D eigenvalue weighted by molar-refractivity contribution is -0.676. The molecule has 1 heterocycles. The lowest BCUT2D eigenvalue weighted by Gasteiger charge is -2.15. The number of benzene rings is 2. The Morgan fingerprint density at radius 2 is 1.83 bits per heavy atom. The Bertz CT molecular complexity index is 898. The Labute approximate surface area is 175 Å². The second kappa shape index (κ2) is 10.6. The van der Waals surface area contributed by atoms with Gasteiger partial charge in [-0.1, -0.05) is 42.5 Å². The van der Waals surface area contributed by atoms with Crippen LogP contribution < -0.4 is 20.1 Å². The van der Waals surface area contributed by atoms with Crippen molar-refractivity contribution in [3.8, 4) is 11.5 Å². The van der Waals surface area contributed by atoms with Gasteiger partial charge in [0.25, 0.3) is 5.91 Å². The number of carbonyl (C=O) groups excluding carboxylic acids is 1. The van der Waals surface area contributed by atoms with E-state index in [1.165, 1.54) is 10.4 Å². The molecule has 1 atom stereocenters. The second-order valence-electron chi connectivity index (χ2n) is 6.63. The van der Waals surface area contributed by atoms with Crippen LogP contribution in [-0.2, 0) is 11.2 Å². The average molecular weight is 412 g/mol. The highest BCUT2D eigenvalue weighted by atomic mass is 32.1. The van der Waals surface area contributed by atoms with Crippen molar-refractivity contribution >= 4 is 17.2 Å². The molecule has 0 aliphatic carbocycles. The van der Waals surface area contributed by atoms with Crippen LogP contribution in [0.5, 0.6) is 11.5 Å². The molecule has 0 saturated carbocycles. The molecular weight excluding hydrogens is 384 g/mol. The lowest BCUT2D eigenvalue weighted by atomic mass is 10.1. The zero-order chi connectivity index (χ0) is 20.5. The summed E-state index contributed by atoms with van der Waals surface area (Å²) in [5, 5.41) is 7.17. The van der Waals surface area contributed by atoms with E-state index in [1.54, 1.807) is 25.6 Å². The van der Waals surface area contributed by atoms with E-state index in [2.05, 4.69) is 34.2 Å². The maximum Gasteiger partial charge on any atom is 0.275 e. The summed E-state index contributed by atoms with van der Waals surface area (Å²) in [6.45, 7) is 0.959. The first kappa shape index (κ1) is 20.9. The summed E-state index contributed by atoms with van der Waals surface area (Å²) >= 11 is 1.71. The topological polar surface area (TPSA) is 64.2 Å². The number of rotatable bonds is 10. The molecule has 152 valence electrons. The largest absolute Gasteiger partial charge is 0.493 e. The van der Waals surface area contributed by atoms with Gasteiger partial charge in [0.1, 0.15) is 6.04 Å². The van der Waals surface area contributed by atoms with Crippen LogP contribution in [0.1, 0.15) is 22.0 Å². The summed E-state index contributed by atoms with van der Waals surface area (Å²) in [6.07, 6.45) is 0.735. The number of thiophene rings is 1. The first-order valence-corrected chi connectivity index (χ1v) is 10.5. The van der Waals surface area contributed by atoms with Gasteiger partial charge in [0, 0.05) is 12.1 Å². The van der Waals surface area contributed by atoms with Gasteiger partial charge in [-0.3, -0.25) is 4.79 Å². The number of ether oxygens (including phenoxy) is 2. The third-order valence-electron chi connectivity index (χ3n) is 4.73. The van der Waals surface area contributed by atoms with Gasteiger partial charge in [-0.2, -0.15) is 0 Å². The molecule has 2 aromatic carbocycles. The van der Waals surface area contributed by atoms with Crippen LogP contribution >= 0.6 is 11.3 Å². The predicted molar refractivity (Wildman–Crippen MR) is 116 cm³/mol.